The molecule has 0 spiro atoms. The topological polar surface area (TPSA) is 58.3 Å². The standard InChI is InChI=1S/C13H14F2N2O2/c1-8-4-10(19-17-8)6-16-7-13(18)11-5-9(14)2-3-12(11)15/h2-5,13,16,18H,6-7H2,1H3. The first-order valence-corrected chi connectivity index (χ1v) is 5.82. The zero-order valence-electron chi connectivity index (χ0n) is 10.4. The van der Waals surface area contributed by atoms with Gasteiger partial charge in [0.05, 0.1) is 18.3 Å². The Morgan fingerprint density at radius 2 is 2.16 bits per heavy atom. The summed E-state index contributed by atoms with van der Waals surface area (Å²) >= 11 is 0. The fourth-order valence-electron chi connectivity index (χ4n) is 1.71. The second-order valence-electron chi connectivity index (χ2n) is 4.25. The molecule has 2 aromatic rings. The average molecular weight is 268 g/mol. The van der Waals surface area contributed by atoms with Crippen LogP contribution in [0.25, 0.3) is 0 Å². The van der Waals surface area contributed by atoms with Gasteiger partial charge in [-0.1, -0.05) is 5.16 Å². The molecule has 0 radical (unpaired) electrons. The summed E-state index contributed by atoms with van der Waals surface area (Å²) in [4.78, 5) is 0. The highest BCUT2D eigenvalue weighted by molar-refractivity contribution is 5.21. The maximum atomic E-state index is 13.4. The Morgan fingerprint density at radius 3 is 2.84 bits per heavy atom. The van der Waals surface area contributed by atoms with E-state index in [0.29, 0.717) is 12.3 Å². The van der Waals surface area contributed by atoms with Crippen molar-refractivity contribution in [2.75, 3.05) is 6.54 Å². The largest absolute Gasteiger partial charge is 0.387 e. The van der Waals surface area contributed by atoms with Crippen LogP contribution >= 0.6 is 0 Å². The van der Waals surface area contributed by atoms with E-state index in [2.05, 4.69) is 10.5 Å². The van der Waals surface area contributed by atoms with Crippen LogP contribution in [0.5, 0.6) is 0 Å². The van der Waals surface area contributed by atoms with Gasteiger partial charge in [0.25, 0.3) is 0 Å². The van der Waals surface area contributed by atoms with Crippen LogP contribution in [0.2, 0.25) is 0 Å². The lowest BCUT2D eigenvalue weighted by Crippen LogP contribution is -2.21. The van der Waals surface area contributed by atoms with E-state index >= 15 is 0 Å². The Balaban J connectivity index is 1.90. The summed E-state index contributed by atoms with van der Waals surface area (Å²) in [5.74, 6) is -0.600. The molecule has 102 valence electrons. The molecule has 0 fully saturated rings. The van der Waals surface area contributed by atoms with Crippen LogP contribution in [0.3, 0.4) is 0 Å². The number of rotatable bonds is 5. The van der Waals surface area contributed by atoms with Crippen LogP contribution < -0.4 is 5.32 Å². The molecule has 4 nitrogen and oxygen atoms in total. The van der Waals surface area contributed by atoms with Gasteiger partial charge in [-0.15, -0.1) is 0 Å². The molecule has 1 unspecified atom stereocenters. The normalized spacial score (nSPS) is 12.6. The molecule has 1 aromatic heterocycles. The lowest BCUT2D eigenvalue weighted by atomic mass is 10.1. The first-order valence-electron chi connectivity index (χ1n) is 5.82. The number of benzene rings is 1. The fraction of sp³-hybridized carbons (Fsp3) is 0.308. The summed E-state index contributed by atoms with van der Waals surface area (Å²) in [6.07, 6.45) is -1.13. The summed E-state index contributed by atoms with van der Waals surface area (Å²) in [7, 11) is 0. The average Bonchev–Trinajstić information content (AvgIpc) is 2.78. The molecule has 0 amide bonds. The van der Waals surface area contributed by atoms with Crippen LogP contribution in [-0.4, -0.2) is 16.8 Å². The Hall–Kier alpha value is -1.79. The van der Waals surface area contributed by atoms with Crippen molar-refractivity contribution in [3.8, 4) is 0 Å². The van der Waals surface area contributed by atoms with Crippen molar-refractivity contribution in [1.82, 2.24) is 10.5 Å². The van der Waals surface area contributed by atoms with Gasteiger partial charge in [-0.3, -0.25) is 0 Å². The van der Waals surface area contributed by atoms with E-state index in [0.717, 1.165) is 23.9 Å². The van der Waals surface area contributed by atoms with E-state index in [4.69, 9.17) is 4.52 Å². The monoisotopic (exact) mass is 268 g/mol. The van der Waals surface area contributed by atoms with Gasteiger partial charge in [0.1, 0.15) is 11.6 Å². The van der Waals surface area contributed by atoms with Crippen molar-refractivity contribution in [2.24, 2.45) is 0 Å². The molecular formula is C13H14F2N2O2. The van der Waals surface area contributed by atoms with Crippen LogP contribution in [0.1, 0.15) is 23.1 Å². The van der Waals surface area contributed by atoms with E-state index in [1.54, 1.807) is 13.0 Å². The van der Waals surface area contributed by atoms with Gasteiger partial charge in [-0.25, -0.2) is 8.78 Å². The molecule has 0 aliphatic carbocycles. The summed E-state index contributed by atoms with van der Waals surface area (Å²) in [5, 5.41) is 16.4. The number of nitrogens with one attached hydrogen (secondary N) is 1. The molecule has 2 N–H and O–H groups in total. The van der Waals surface area contributed by atoms with Crippen molar-refractivity contribution >= 4 is 0 Å². The number of hydrogen-bond acceptors (Lipinski definition) is 4. The zero-order chi connectivity index (χ0) is 13.8. The second-order valence-corrected chi connectivity index (χ2v) is 4.25. The van der Waals surface area contributed by atoms with E-state index in [-0.39, 0.29) is 12.1 Å². The molecule has 1 aromatic carbocycles. The second kappa shape index (κ2) is 5.90. The molecule has 0 bridgehead atoms. The van der Waals surface area contributed by atoms with E-state index in [9.17, 15) is 13.9 Å². The lowest BCUT2D eigenvalue weighted by molar-refractivity contribution is 0.168. The lowest BCUT2D eigenvalue weighted by Gasteiger charge is -2.12. The van der Waals surface area contributed by atoms with Gasteiger partial charge < -0.3 is 14.9 Å². The maximum absolute atomic E-state index is 13.4. The summed E-state index contributed by atoms with van der Waals surface area (Å²) < 4.78 is 31.3. The molecule has 2 rings (SSSR count). The minimum atomic E-state index is -1.13. The molecule has 1 atom stereocenters. The summed E-state index contributed by atoms with van der Waals surface area (Å²) in [6, 6.07) is 4.74. The van der Waals surface area contributed by atoms with Gasteiger partial charge in [0, 0.05) is 18.2 Å². The Bertz CT molecular complexity index is 557. The van der Waals surface area contributed by atoms with Gasteiger partial charge in [0.2, 0.25) is 0 Å². The van der Waals surface area contributed by atoms with Crippen molar-refractivity contribution < 1.29 is 18.4 Å². The third kappa shape index (κ3) is 3.59. The van der Waals surface area contributed by atoms with Gasteiger partial charge in [-0.05, 0) is 25.1 Å². The number of aryl methyl sites for hydroxylation is 1. The zero-order valence-corrected chi connectivity index (χ0v) is 10.4. The van der Waals surface area contributed by atoms with Crippen molar-refractivity contribution in [3.05, 3.63) is 52.9 Å². The van der Waals surface area contributed by atoms with E-state index < -0.39 is 17.7 Å². The third-order valence-corrected chi connectivity index (χ3v) is 2.63. The number of aliphatic hydroxyl groups is 1. The number of halogens is 2. The molecule has 0 saturated heterocycles. The first-order chi connectivity index (χ1) is 9.06. The highest BCUT2D eigenvalue weighted by atomic mass is 19.1. The van der Waals surface area contributed by atoms with E-state index in [1.165, 1.54) is 0 Å². The van der Waals surface area contributed by atoms with Gasteiger partial charge in [0.15, 0.2) is 5.76 Å². The van der Waals surface area contributed by atoms with Crippen molar-refractivity contribution in [2.45, 2.75) is 19.6 Å². The smallest absolute Gasteiger partial charge is 0.150 e. The number of aliphatic hydroxyl groups excluding tert-OH is 1. The van der Waals surface area contributed by atoms with Crippen LogP contribution in [-0.2, 0) is 6.54 Å². The predicted molar refractivity (Wildman–Crippen MR) is 64.3 cm³/mol. The Morgan fingerprint density at radius 1 is 1.37 bits per heavy atom. The summed E-state index contributed by atoms with van der Waals surface area (Å²) in [5.41, 5.74) is 0.690. The fourth-order valence-corrected chi connectivity index (χ4v) is 1.71. The quantitative estimate of drug-likeness (QED) is 0.871. The molecule has 0 aliphatic heterocycles. The molecular weight excluding hydrogens is 254 g/mol. The van der Waals surface area contributed by atoms with Crippen LogP contribution in [0, 0.1) is 18.6 Å². The molecule has 0 aliphatic rings. The minimum absolute atomic E-state index is 0.0683. The van der Waals surface area contributed by atoms with Gasteiger partial charge >= 0.3 is 0 Å². The summed E-state index contributed by atoms with van der Waals surface area (Å²) in [6.45, 7) is 2.24. The molecule has 1 heterocycles. The Kier molecular flexibility index (Phi) is 4.24. The number of nitrogens with zero attached hydrogens (tertiary/aromatic N) is 1. The van der Waals surface area contributed by atoms with Crippen LogP contribution in [0.4, 0.5) is 8.78 Å². The highest BCUT2D eigenvalue weighted by Crippen LogP contribution is 2.17. The van der Waals surface area contributed by atoms with E-state index in [1.807, 2.05) is 0 Å². The maximum Gasteiger partial charge on any atom is 0.150 e. The molecule has 0 saturated carbocycles. The first kappa shape index (κ1) is 13.6. The molecule has 6 heteroatoms. The van der Waals surface area contributed by atoms with Gasteiger partial charge in [-0.2, -0.15) is 0 Å². The number of aromatic nitrogens is 1. The molecule has 19 heavy (non-hydrogen) atoms. The van der Waals surface area contributed by atoms with Crippen LogP contribution in [0.15, 0.2) is 28.8 Å². The SMILES string of the molecule is Cc1cc(CNCC(O)c2cc(F)ccc2F)on1. The highest BCUT2D eigenvalue weighted by Gasteiger charge is 2.13. The third-order valence-electron chi connectivity index (χ3n) is 2.63. The number of hydrogen-bond donors (Lipinski definition) is 2. The minimum Gasteiger partial charge on any atom is -0.387 e. The van der Waals surface area contributed by atoms with Crippen molar-refractivity contribution in [3.63, 3.8) is 0 Å². The predicted octanol–water partition coefficient (Wildman–Crippen LogP) is 2.08. The Labute approximate surface area is 109 Å². The van der Waals surface area contributed by atoms with Crippen molar-refractivity contribution in [1.29, 1.82) is 0 Å².